The maximum Gasteiger partial charge on any atom is 0.322 e. The van der Waals surface area contributed by atoms with Crippen molar-refractivity contribution in [1.82, 2.24) is 10.6 Å². The summed E-state index contributed by atoms with van der Waals surface area (Å²) < 4.78 is 5.47. The van der Waals surface area contributed by atoms with Gasteiger partial charge in [-0.25, -0.2) is 4.79 Å². The molecule has 2 heterocycles. The summed E-state index contributed by atoms with van der Waals surface area (Å²) in [5.41, 5.74) is -0.698. The molecular weight excluding hydrogens is 184 g/mol. The standard InChI is InChI=1S/C9H14N2O3/c1-2-6-5-9(3-4-14-6)7(12)10-8(13)11-9/h6H,2-5H2,1H3,(H2,10,11,12,13). The van der Waals surface area contributed by atoms with Crippen LogP contribution in [0.4, 0.5) is 4.79 Å². The van der Waals surface area contributed by atoms with E-state index in [0.29, 0.717) is 19.4 Å². The molecule has 0 saturated carbocycles. The molecule has 14 heavy (non-hydrogen) atoms. The zero-order valence-corrected chi connectivity index (χ0v) is 8.13. The smallest absolute Gasteiger partial charge is 0.322 e. The lowest BCUT2D eigenvalue weighted by atomic mass is 9.86. The number of ether oxygens (including phenoxy) is 1. The Bertz CT molecular complexity index is 279. The molecule has 0 aliphatic carbocycles. The lowest BCUT2D eigenvalue weighted by Crippen LogP contribution is -2.53. The summed E-state index contributed by atoms with van der Waals surface area (Å²) in [6.45, 7) is 2.55. The first-order valence-electron chi connectivity index (χ1n) is 4.91. The number of urea groups is 1. The van der Waals surface area contributed by atoms with Crippen LogP contribution in [-0.2, 0) is 9.53 Å². The zero-order chi connectivity index (χ0) is 10.2. The highest BCUT2D eigenvalue weighted by Gasteiger charge is 2.49. The van der Waals surface area contributed by atoms with Crippen molar-refractivity contribution < 1.29 is 14.3 Å². The number of carbonyl (C=O) groups excluding carboxylic acids is 2. The van der Waals surface area contributed by atoms with Gasteiger partial charge in [-0.15, -0.1) is 0 Å². The molecule has 2 atom stereocenters. The van der Waals surface area contributed by atoms with Crippen molar-refractivity contribution in [2.24, 2.45) is 0 Å². The van der Waals surface area contributed by atoms with E-state index in [1.165, 1.54) is 0 Å². The van der Waals surface area contributed by atoms with E-state index < -0.39 is 5.54 Å². The molecule has 2 aliphatic rings. The summed E-state index contributed by atoms with van der Waals surface area (Å²) in [7, 11) is 0. The SMILES string of the molecule is CCC1CC2(CCO1)NC(=O)NC2=O. The molecular formula is C9H14N2O3. The highest BCUT2D eigenvalue weighted by atomic mass is 16.5. The molecule has 0 bridgehead atoms. The minimum atomic E-state index is -0.698. The molecule has 1 spiro atoms. The van der Waals surface area contributed by atoms with Gasteiger partial charge in [-0.3, -0.25) is 10.1 Å². The van der Waals surface area contributed by atoms with Crippen LogP contribution in [-0.4, -0.2) is 30.2 Å². The minimum absolute atomic E-state index is 0.0768. The van der Waals surface area contributed by atoms with Crippen LogP contribution in [0.15, 0.2) is 0 Å². The summed E-state index contributed by atoms with van der Waals surface area (Å²) in [5, 5.41) is 4.98. The molecule has 0 aromatic carbocycles. The van der Waals surface area contributed by atoms with Crippen LogP contribution in [0.25, 0.3) is 0 Å². The summed E-state index contributed by atoms with van der Waals surface area (Å²) in [6.07, 6.45) is 2.10. The van der Waals surface area contributed by atoms with Crippen LogP contribution < -0.4 is 10.6 Å². The molecule has 0 aromatic heterocycles. The molecule has 2 unspecified atom stereocenters. The molecule has 78 valence electrons. The third kappa shape index (κ3) is 1.37. The molecule has 2 fully saturated rings. The highest BCUT2D eigenvalue weighted by Crippen LogP contribution is 2.28. The normalized spacial score (nSPS) is 37.1. The van der Waals surface area contributed by atoms with Gasteiger partial charge in [-0.05, 0) is 6.42 Å². The van der Waals surface area contributed by atoms with Crippen LogP contribution in [0.1, 0.15) is 26.2 Å². The van der Waals surface area contributed by atoms with Crippen molar-refractivity contribution in [3.63, 3.8) is 0 Å². The van der Waals surface area contributed by atoms with Gasteiger partial charge in [0.2, 0.25) is 0 Å². The number of nitrogens with one attached hydrogen (secondary N) is 2. The fourth-order valence-corrected chi connectivity index (χ4v) is 2.06. The second-order valence-electron chi connectivity index (χ2n) is 3.85. The van der Waals surface area contributed by atoms with Gasteiger partial charge in [0.25, 0.3) is 5.91 Å². The van der Waals surface area contributed by atoms with Gasteiger partial charge in [0.15, 0.2) is 0 Å². The molecule has 2 saturated heterocycles. The van der Waals surface area contributed by atoms with Gasteiger partial charge in [0.05, 0.1) is 6.10 Å². The monoisotopic (exact) mass is 198 g/mol. The molecule has 2 rings (SSSR count). The van der Waals surface area contributed by atoms with Crippen molar-refractivity contribution in [2.75, 3.05) is 6.61 Å². The van der Waals surface area contributed by atoms with Crippen LogP contribution in [0.5, 0.6) is 0 Å². The van der Waals surface area contributed by atoms with Gasteiger partial charge in [-0.1, -0.05) is 6.92 Å². The summed E-state index contributed by atoms with van der Waals surface area (Å²) >= 11 is 0. The van der Waals surface area contributed by atoms with E-state index in [4.69, 9.17) is 4.74 Å². The van der Waals surface area contributed by atoms with E-state index >= 15 is 0 Å². The molecule has 0 aromatic rings. The third-order valence-corrected chi connectivity index (χ3v) is 2.93. The van der Waals surface area contributed by atoms with E-state index in [-0.39, 0.29) is 18.0 Å². The number of imide groups is 1. The quantitative estimate of drug-likeness (QED) is 0.589. The predicted molar refractivity (Wildman–Crippen MR) is 48.7 cm³/mol. The largest absolute Gasteiger partial charge is 0.378 e. The van der Waals surface area contributed by atoms with Gasteiger partial charge in [-0.2, -0.15) is 0 Å². The zero-order valence-electron chi connectivity index (χ0n) is 8.13. The number of amides is 3. The average Bonchev–Trinajstić information content (AvgIpc) is 2.42. The van der Waals surface area contributed by atoms with Crippen molar-refractivity contribution >= 4 is 11.9 Å². The number of rotatable bonds is 1. The van der Waals surface area contributed by atoms with E-state index in [1.54, 1.807) is 0 Å². The lowest BCUT2D eigenvalue weighted by Gasteiger charge is -2.35. The maximum absolute atomic E-state index is 11.6. The fraction of sp³-hybridized carbons (Fsp3) is 0.778. The average molecular weight is 198 g/mol. The van der Waals surface area contributed by atoms with E-state index in [9.17, 15) is 9.59 Å². The second-order valence-corrected chi connectivity index (χ2v) is 3.85. The van der Waals surface area contributed by atoms with E-state index in [2.05, 4.69) is 10.6 Å². The first-order valence-corrected chi connectivity index (χ1v) is 4.91. The summed E-state index contributed by atoms with van der Waals surface area (Å²) in [4.78, 5) is 22.6. The number of hydrogen-bond acceptors (Lipinski definition) is 3. The van der Waals surface area contributed by atoms with E-state index in [1.807, 2.05) is 6.92 Å². The first kappa shape index (κ1) is 9.45. The van der Waals surface area contributed by atoms with Crippen molar-refractivity contribution in [3.05, 3.63) is 0 Å². The molecule has 5 nitrogen and oxygen atoms in total. The van der Waals surface area contributed by atoms with Crippen LogP contribution in [0.2, 0.25) is 0 Å². The van der Waals surface area contributed by atoms with Crippen molar-refractivity contribution in [2.45, 2.75) is 37.8 Å². The molecule has 5 heteroatoms. The van der Waals surface area contributed by atoms with Gasteiger partial charge in [0, 0.05) is 19.4 Å². The molecule has 2 N–H and O–H groups in total. The van der Waals surface area contributed by atoms with Gasteiger partial charge in [0.1, 0.15) is 5.54 Å². The summed E-state index contributed by atoms with van der Waals surface area (Å²) in [6, 6.07) is -0.383. The maximum atomic E-state index is 11.6. The third-order valence-electron chi connectivity index (χ3n) is 2.93. The molecule has 0 radical (unpaired) electrons. The van der Waals surface area contributed by atoms with Gasteiger partial charge >= 0.3 is 6.03 Å². The Morgan fingerprint density at radius 2 is 2.36 bits per heavy atom. The Balaban J connectivity index is 2.15. The topological polar surface area (TPSA) is 67.4 Å². The molecule has 2 aliphatic heterocycles. The Kier molecular flexibility index (Phi) is 2.19. The second kappa shape index (κ2) is 3.24. The Morgan fingerprint density at radius 1 is 1.57 bits per heavy atom. The van der Waals surface area contributed by atoms with Crippen molar-refractivity contribution in [3.8, 4) is 0 Å². The lowest BCUT2D eigenvalue weighted by molar-refractivity contribution is -0.129. The van der Waals surface area contributed by atoms with Crippen molar-refractivity contribution in [1.29, 1.82) is 0 Å². The van der Waals surface area contributed by atoms with Crippen LogP contribution >= 0.6 is 0 Å². The number of hydrogen-bond donors (Lipinski definition) is 2. The van der Waals surface area contributed by atoms with E-state index in [0.717, 1.165) is 6.42 Å². The highest BCUT2D eigenvalue weighted by molar-refractivity contribution is 6.07. The Hall–Kier alpha value is -1.10. The number of carbonyl (C=O) groups is 2. The summed E-state index contributed by atoms with van der Waals surface area (Å²) in [5.74, 6) is -0.204. The van der Waals surface area contributed by atoms with Crippen LogP contribution in [0, 0.1) is 0 Å². The van der Waals surface area contributed by atoms with Gasteiger partial charge < -0.3 is 10.1 Å². The van der Waals surface area contributed by atoms with Crippen LogP contribution in [0.3, 0.4) is 0 Å². The molecule has 3 amide bonds. The fourth-order valence-electron chi connectivity index (χ4n) is 2.06. The Labute approximate surface area is 82.2 Å². The predicted octanol–water partition coefficient (Wildman–Crippen LogP) is 0.154. The Morgan fingerprint density at radius 3 is 2.93 bits per heavy atom. The first-order chi connectivity index (χ1) is 6.66. The minimum Gasteiger partial charge on any atom is -0.378 e.